The Bertz CT molecular complexity index is 1290. The molecule has 0 aliphatic carbocycles. The number of carbonyl (C=O) groups excluding carboxylic acids is 4. The van der Waals surface area contributed by atoms with Crippen LogP contribution in [0.4, 0.5) is 0 Å². The highest BCUT2D eigenvalue weighted by atomic mass is 16.5. The summed E-state index contributed by atoms with van der Waals surface area (Å²) in [7, 11) is 1.86. The van der Waals surface area contributed by atoms with Crippen molar-refractivity contribution in [3.63, 3.8) is 0 Å². The minimum Gasteiger partial charge on any atom is -0.480 e. The summed E-state index contributed by atoms with van der Waals surface area (Å²) in [5.41, 5.74) is 10.5. The molecule has 1 rings (SSSR count). The summed E-state index contributed by atoms with van der Waals surface area (Å²) in [4.78, 5) is 68.9. The SMILES string of the molecule is CNC(C)(C)CCOC(C)(C)CC(=O)N[C@@H](CCCN=C(N)N)C(=O)NC(C(=O)N[C@@H](CO)C(=O)N[C@@H](Cc1ccccc1)C(=O)O)C(C)C. The van der Waals surface area contributed by atoms with Crippen molar-refractivity contribution < 1.29 is 38.9 Å². The van der Waals surface area contributed by atoms with Gasteiger partial charge in [-0.3, -0.25) is 24.2 Å². The van der Waals surface area contributed by atoms with Gasteiger partial charge in [0.25, 0.3) is 0 Å². The molecule has 16 nitrogen and oxygen atoms in total. The van der Waals surface area contributed by atoms with Gasteiger partial charge in [-0.25, -0.2) is 4.79 Å². The topological polar surface area (TPSA) is 260 Å². The molecule has 1 aromatic carbocycles. The molecule has 50 heavy (non-hydrogen) atoms. The molecule has 0 heterocycles. The second-order valence-corrected chi connectivity index (χ2v) is 13.8. The Morgan fingerprint density at radius 1 is 0.880 bits per heavy atom. The maximum Gasteiger partial charge on any atom is 0.326 e. The molecule has 0 aliphatic heterocycles. The lowest BCUT2D eigenvalue weighted by Crippen LogP contribution is -2.60. The van der Waals surface area contributed by atoms with Gasteiger partial charge in [0.05, 0.1) is 18.6 Å². The van der Waals surface area contributed by atoms with Crippen LogP contribution in [-0.2, 0) is 35.1 Å². The first-order chi connectivity index (χ1) is 23.3. The molecule has 16 heteroatoms. The Kier molecular flexibility index (Phi) is 18.4. The number of carboxylic acids is 1. The molecule has 4 atom stereocenters. The van der Waals surface area contributed by atoms with Gasteiger partial charge in [-0.15, -0.1) is 0 Å². The number of carbonyl (C=O) groups is 5. The third-order valence-electron chi connectivity index (χ3n) is 8.04. The van der Waals surface area contributed by atoms with Gasteiger partial charge in [0.15, 0.2) is 5.96 Å². The summed E-state index contributed by atoms with van der Waals surface area (Å²) in [5, 5.41) is 33.0. The molecule has 0 spiro atoms. The van der Waals surface area contributed by atoms with Crippen molar-refractivity contribution in [3.8, 4) is 0 Å². The van der Waals surface area contributed by atoms with Gasteiger partial charge >= 0.3 is 5.97 Å². The van der Waals surface area contributed by atoms with Crippen molar-refractivity contribution >= 4 is 35.6 Å². The van der Waals surface area contributed by atoms with Gasteiger partial charge in [0.2, 0.25) is 23.6 Å². The summed E-state index contributed by atoms with van der Waals surface area (Å²) in [6.45, 7) is 10.7. The molecule has 1 aromatic rings. The number of nitrogens with zero attached hydrogens (tertiary/aromatic N) is 1. The highest BCUT2D eigenvalue weighted by Gasteiger charge is 2.33. The maximum atomic E-state index is 13.6. The zero-order valence-electron chi connectivity index (χ0n) is 30.4. The first-order valence-electron chi connectivity index (χ1n) is 16.8. The normalized spacial score (nSPS) is 14.1. The lowest BCUT2D eigenvalue weighted by atomic mass is 10.00. The molecule has 4 amide bonds. The van der Waals surface area contributed by atoms with Crippen molar-refractivity contribution in [2.45, 2.75) is 109 Å². The number of ether oxygens (including phenoxy) is 1. The number of aliphatic hydroxyl groups excluding tert-OH is 1. The molecular formula is C34H58N8O8. The van der Waals surface area contributed by atoms with Crippen LogP contribution in [0.25, 0.3) is 0 Å². The molecule has 0 saturated carbocycles. The standard InChI is InChI=1S/C34H58N8O8/c1-21(2)27(30(47)41-25(20-43)29(46)40-24(31(48)49)18-22-12-9-8-10-13-22)42-28(45)23(14-11-16-38-32(35)36)39-26(44)19-34(5,6)50-17-15-33(3,4)37-7/h8-10,12-13,21,23-25,27,37,43H,11,14-20H2,1-7H3,(H,39,44)(H,40,46)(H,41,47)(H,42,45)(H,48,49)(H4,35,36,38)/t23-,24-,25-,27?/m0/s1. The Labute approximate surface area is 294 Å². The van der Waals surface area contributed by atoms with Crippen LogP contribution in [0.2, 0.25) is 0 Å². The zero-order valence-corrected chi connectivity index (χ0v) is 30.4. The van der Waals surface area contributed by atoms with Crippen LogP contribution in [0.3, 0.4) is 0 Å². The van der Waals surface area contributed by atoms with E-state index in [9.17, 15) is 34.2 Å². The number of aliphatic hydroxyl groups is 1. The van der Waals surface area contributed by atoms with Crippen molar-refractivity contribution in [1.82, 2.24) is 26.6 Å². The van der Waals surface area contributed by atoms with E-state index >= 15 is 0 Å². The zero-order chi connectivity index (χ0) is 38.1. The fraction of sp³-hybridized carbons (Fsp3) is 0.647. The number of carboxylic acid groups (broad SMARTS) is 1. The smallest absolute Gasteiger partial charge is 0.326 e. The number of rotatable bonds is 23. The van der Waals surface area contributed by atoms with E-state index in [0.29, 0.717) is 25.0 Å². The predicted octanol–water partition coefficient (Wildman–Crippen LogP) is -0.472. The summed E-state index contributed by atoms with van der Waals surface area (Å²) in [5.74, 6) is -4.72. The molecule has 1 unspecified atom stereocenters. The minimum absolute atomic E-state index is 0.0210. The fourth-order valence-electron chi connectivity index (χ4n) is 4.73. The lowest BCUT2D eigenvalue weighted by molar-refractivity contribution is -0.142. The highest BCUT2D eigenvalue weighted by molar-refractivity contribution is 5.95. The van der Waals surface area contributed by atoms with Gasteiger partial charge < -0.3 is 53.0 Å². The quantitative estimate of drug-likeness (QED) is 0.0399. The third-order valence-corrected chi connectivity index (χ3v) is 8.04. The number of nitrogens with two attached hydrogens (primary N) is 2. The van der Waals surface area contributed by atoms with E-state index in [0.717, 1.165) is 0 Å². The van der Waals surface area contributed by atoms with Gasteiger partial charge in [-0.2, -0.15) is 0 Å². The number of aliphatic carboxylic acids is 1. The number of aliphatic imine (C=N–C) groups is 1. The Morgan fingerprint density at radius 3 is 2.02 bits per heavy atom. The van der Waals surface area contributed by atoms with Crippen LogP contribution in [0, 0.1) is 5.92 Å². The number of amides is 4. The van der Waals surface area contributed by atoms with E-state index in [2.05, 4.69) is 31.6 Å². The van der Waals surface area contributed by atoms with Gasteiger partial charge in [0, 0.05) is 25.1 Å². The molecular weight excluding hydrogens is 648 g/mol. The predicted molar refractivity (Wildman–Crippen MR) is 190 cm³/mol. The van der Waals surface area contributed by atoms with Crippen LogP contribution < -0.4 is 38.1 Å². The Balaban J connectivity index is 3.02. The number of hydrogen-bond donors (Lipinski definition) is 9. The van der Waals surface area contributed by atoms with Crippen LogP contribution in [0.15, 0.2) is 35.3 Å². The van der Waals surface area contributed by atoms with E-state index in [1.54, 1.807) is 58.0 Å². The van der Waals surface area contributed by atoms with Crippen molar-refractivity contribution in [3.05, 3.63) is 35.9 Å². The molecule has 282 valence electrons. The average molecular weight is 707 g/mol. The molecule has 0 aromatic heterocycles. The van der Waals surface area contributed by atoms with E-state index in [-0.39, 0.29) is 37.3 Å². The molecule has 0 saturated heterocycles. The molecule has 11 N–H and O–H groups in total. The first-order valence-corrected chi connectivity index (χ1v) is 16.8. The summed E-state index contributed by atoms with van der Waals surface area (Å²) in [6.07, 6.45) is 1.10. The van der Waals surface area contributed by atoms with Gasteiger partial charge in [-0.05, 0) is 65.5 Å². The maximum absolute atomic E-state index is 13.6. The Morgan fingerprint density at radius 2 is 1.48 bits per heavy atom. The first kappa shape index (κ1) is 43.7. The molecule has 0 radical (unpaired) electrons. The van der Waals surface area contributed by atoms with E-state index in [1.165, 1.54) is 0 Å². The highest BCUT2D eigenvalue weighted by Crippen LogP contribution is 2.18. The van der Waals surface area contributed by atoms with E-state index in [4.69, 9.17) is 16.2 Å². The van der Waals surface area contributed by atoms with Crippen LogP contribution in [0.5, 0.6) is 0 Å². The molecule has 0 aliphatic rings. The second kappa shape index (κ2) is 21.1. The molecule has 0 fully saturated rings. The number of guanidine groups is 1. The summed E-state index contributed by atoms with van der Waals surface area (Å²) in [6, 6.07) is 3.57. The average Bonchev–Trinajstić information content (AvgIpc) is 3.02. The fourth-order valence-corrected chi connectivity index (χ4v) is 4.73. The van der Waals surface area contributed by atoms with Crippen molar-refractivity contribution in [2.75, 3.05) is 26.8 Å². The van der Waals surface area contributed by atoms with E-state index in [1.807, 2.05) is 20.9 Å². The monoisotopic (exact) mass is 706 g/mol. The Hall–Kier alpha value is -4.28. The number of benzene rings is 1. The van der Waals surface area contributed by atoms with Crippen molar-refractivity contribution in [2.24, 2.45) is 22.4 Å². The van der Waals surface area contributed by atoms with Crippen molar-refractivity contribution in [1.29, 1.82) is 0 Å². The van der Waals surface area contributed by atoms with Gasteiger partial charge in [-0.1, -0.05) is 44.2 Å². The summed E-state index contributed by atoms with van der Waals surface area (Å²) >= 11 is 0. The minimum atomic E-state index is -1.51. The number of hydrogen-bond acceptors (Lipinski definition) is 9. The lowest BCUT2D eigenvalue weighted by Gasteiger charge is -2.30. The van der Waals surface area contributed by atoms with Gasteiger partial charge in [0.1, 0.15) is 24.2 Å². The third kappa shape index (κ3) is 16.9. The number of nitrogens with one attached hydrogen (secondary N) is 5. The summed E-state index contributed by atoms with van der Waals surface area (Å²) < 4.78 is 5.98. The molecule has 0 bridgehead atoms. The van der Waals surface area contributed by atoms with Crippen LogP contribution >= 0.6 is 0 Å². The largest absolute Gasteiger partial charge is 0.480 e. The van der Waals surface area contributed by atoms with Crippen LogP contribution in [-0.4, -0.2) is 108 Å². The van der Waals surface area contributed by atoms with E-state index < -0.39 is 71.9 Å². The van der Waals surface area contributed by atoms with Crippen LogP contribution in [0.1, 0.15) is 72.8 Å². The second-order valence-electron chi connectivity index (χ2n) is 13.8.